The standard InChI is InChI=1S/C23H28FNO4S/c1-15-14-23(28-3,8-9-29-15)17-11-18(24)13-20(12-17)30-19-5-6-21(25-2)16(10-19)4-7-22(26)27/h5-6,10-13,15,25H,4,7-9,14H2,1-3H3,(H,26,27)/t15-,23+/m0/s1. The van der Waals surface area contributed by atoms with E-state index in [4.69, 9.17) is 14.6 Å². The molecule has 0 amide bonds. The predicted molar refractivity (Wildman–Crippen MR) is 116 cm³/mol. The van der Waals surface area contributed by atoms with Crippen molar-refractivity contribution in [2.24, 2.45) is 0 Å². The van der Waals surface area contributed by atoms with E-state index in [0.717, 1.165) is 26.6 Å². The Kier molecular flexibility index (Phi) is 7.39. The molecule has 5 nitrogen and oxygen atoms in total. The molecule has 0 aliphatic carbocycles. The van der Waals surface area contributed by atoms with Crippen LogP contribution in [0.2, 0.25) is 0 Å². The summed E-state index contributed by atoms with van der Waals surface area (Å²) in [7, 11) is 3.48. The van der Waals surface area contributed by atoms with Gasteiger partial charge in [-0.3, -0.25) is 4.79 Å². The van der Waals surface area contributed by atoms with Gasteiger partial charge in [-0.2, -0.15) is 0 Å². The van der Waals surface area contributed by atoms with Gasteiger partial charge in [0.2, 0.25) is 0 Å². The van der Waals surface area contributed by atoms with E-state index in [0.29, 0.717) is 25.9 Å². The Hall–Kier alpha value is -2.09. The Morgan fingerprint density at radius 1 is 1.33 bits per heavy atom. The summed E-state index contributed by atoms with van der Waals surface area (Å²) in [6.45, 7) is 2.58. The summed E-state index contributed by atoms with van der Waals surface area (Å²) in [5, 5.41) is 12.1. The number of nitrogens with one attached hydrogen (secondary N) is 1. The van der Waals surface area contributed by atoms with Gasteiger partial charge in [0.1, 0.15) is 5.82 Å². The Bertz CT molecular complexity index is 907. The van der Waals surface area contributed by atoms with E-state index < -0.39 is 11.6 Å². The maximum atomic E-state index is 14.5. The van der Waals surface area contributed by atoms with Crippen LogP contribution in [0.25, 0.3) is 0 Å². The van der Waals surface area contributed by atoms with Gasteiger partial charge in [0.25, 0.3) is 0 Å². The van der Waals surface area contributed by atoms with Gasteiger partial charge in [-0.15, -0.1) is 0 Å². The number of carbonyl (C=O) groups is 1. The first-order valence-electron chi connectivity index (χ1n) is 10.0. The van der Waals surface area contributed by atoms with Crippen molar-refractivity contribution in [1.82, 2.24) is 0 Å². The molecule has 1 heterocycles. The molecular formula is C23H28FNO4S. The van der Waals surface area contributed by atoms with Gasteiger partial charge >= 0.3 is 5.97 Å². The average molecular weight is 434 g/mol. The topological polar surface area (TPSA) is 67.8 Å². The molecule has 2 aromatic rings. The molecular weight excluding hydrogens is 405 g/mol. The van der Waals surface area contributed by atoms with Crippen molar-refractivity contribution < 1.29 is 23.8 Å². The van der Waals surface area contributed by atoms with Gasteiger partial charge in [-0.1, -0.05) is 11.8 Å². The van der Waals surface area contributed by atoms with Gasteiger partial charge in [-0.25, -0.2) is 4.39 Å². The third-order valence-electron chi connectivity index (χ3n) is 5.50. The molecule has 1 aliphatic heterocycles. The lowest BCUT2D eigenvalue weighted by Crippen LogP contribution is -2.39. The minimum atomic E-state index is -0.833. The maximum Gasteiger partial charge on any atom is 0.303 e. The molecule has 0 spiro atoms. The minimum Gasteiger partial charge on any atom is -0.481 e. The lowest BCUT2D eigenvalue weighted by molar-refractivity contribution is -0.136. The normalized spacial score (nSPS) is 21.4. The number of rotatable bonds is 8. The first kappa shape index (κ1) is 22.6. The summed E-state index contributed by atoms with van der Waals surface area (Å²) in [5.74, 6) is -1.14. The van der Waals surface area contributed by atoms with Crippen LogP contribution in [0.15, 0.2) is 46.2 Å². The molecule has 2 aromatic carbocycles. The fraction of sp³-hybridized carbons (Fsp3) is 0.435. The van der Waals surface area contributed by atoms with Crippen LogP contribution in [-0.2, 0) is 26.3 Å². The van der Waals surface area contributed by atoms with Crippen molar-refractivity contribution in [3.63, 3.8) is 0 Å². The van der Waals surface area contributed by atoms with E-state index in [2.05, 4.69) is 5.32 Å². The van der Waals surface area contributed by atoms with E-state index >= 15 is 0 Å². The van der Waals surface area contributed by atoms with Crippen LogP contribution in [0, 0.1) is 5.82 Å². The number of methoxy groups -OCH3 is 1. The number of anilines is 1. The molecule has 0 unspecified atom stereocenters. The first-order chi connectivity index (χ1) is 14.3. The zero-order chi connectivity index (χ0) is 21.7. The quantitative estimate of drug-likeness (QED) is 0.605. The number of hydrogen-bond donors (Lipinski definition) is 2. The molecule has 0 aromatic heterocycles. The van der Waals surface area contributed by atoms with Crippen LogP contribution in [0.4, 0.5) is 10.1 Å². The lowest BCUT2D eigenvalue weighted by atomic mass is 9.83. The zero-order valence-corrected chi connectivity index (χ0v) is 18.4. The second-order valence-electron chi connectivity index (χ2n) is 7.57. The van der Waals surface area contributed by atoms with E-state index in [-0.39, 0.29) is 18.3 Å². The molecule has 0 bridgehead atoms. The molecule has 2 atom stereocenters. The van der Waals surface area contributed by atoms with E-state index in [9.17, 15) is 9.18 Å². The molecule has 1 saturated heterocycles. The van der Waals surface area contributed by atoms with Crippen molar-refractivity contribution in [2.75, 3.05) is 26.1 Å². The smallest absolute Gasteiger partial charge is 0.303 e. The van der Waals surface area contributed by atoms with Gasteiger partial charge in [0.15, 0.2) is 0 Å². The number of benzene rings is 2. The van der Waals surface area contributed by atoms with E-state index in [1.165, 1.54) is 17.8 Å². The zero-order valence-electron chi connectivity index (χ0n) is 17.5. The number of carboxylic acids is 1. The highest BCUT2D eigenvalue weighted by atomic mass is 32.2. The Labute approximate surface area is 181 Å². The Morgan fingerprint density at radius 2 is 2.13 bits per heavy atom. The first-order valence-corrected chi connectivity index (χ1v) is 10.8. The molecule has 1 aliphatic rings. The van der Waals surface area contributed by atoms with Gasteiger partial charge in [0.05, 0.1) is 18.3 Å². The monoisotopic (exact) mass is 433 g/mol. The van der Waals surface area contributed by atoms with Gasteiger partial charge in [0, 0.05) is 48.9 Å². The highest BCUT2D eigenvalue weighted by Gasteiger charge is 2.38. The van der Waals surface area contributed by atoms with Crippen LogP contribution in [-0.4, -0.2) is 37.9 Å². The molecule has 0 radical (unpaired) electrons. The van der Waals surface area contributed by atoms with Crippen LogP contribution >= 0.6 is 11.8 Å². The molecule has 0 saturated carbocycles. The fourth-order valence-corrected chi connectivity index (χ4v) is 4.93. The summed E-state index contributed by atoms with van der Waals surface area (Å²) in [6.07, 6.45) is 1.89. The van der Waals surface area contributed by atoms with E-state index in [1.807, 2.05) is 38.2 Å². The molecule has 30 heavy (non-hydrogen) atoms. The van der Waals surface area contributed by atoms with Crippen LogP contribution < -0.4 is 5.32 Å². The second-order valence-corrected chi connectivity index (χ2v) is 8.72. The number of hydrogen-bond acceptors (Lipinski definition) is 5. The van der Waals surface area contributed by atoms with E-state index in [1.54, 1.807) is 13.2 Å². The van der Waals surface area contributed by atoms with Crippen molar-refractivity contribution in [1.29, 1.82) is 0 Å². The highest BCUT2D eigenvalue weighted by Crippen LogP contribution is 2.41. The Balaban J connectivity index is 1.88. The fourth-order valence-electron chi connectivity index (χ4n) is 3.96. The molecule has 1 fully saturated rings. The molecule has 7 heteroatoms. The maximum absolute atomic E-state index is 14.5. The third-order valence-corrected chi connectivity index (χ3v) is 6.46. The van der Waals surface area contributed by atoms with Crippen molar-refractivity contribution in [3.8, 4) is 0 Å². The number of ether oxygens (including phenoxy) is 2. The molecule has 3 rings (SSSR count). The van der Waals surface area contributed by atoms with Gasteiger partial charge in [-0.05, 0) is 60.9 Å². The number of aliphatic carboxylic acids is 1. The van der Waals surface area contributed by atoms with Crippen LogP contribution in [0.3, 0.4) is 0 Å². The summed E-state index contributed by atoms with van der Waals surface area (Å²) in [6, 6.07) is 10.9. The van der Waals surface area contributed by atoms with Crippen molar-refractivity contribution in [3.05, 3.63) is 53.3 Å². The Morgan fingerprint density at radius 3 is 2.80 bits per heavy atom. The summed E-state index contributed by atoms with van der Waals surface area (Å²) in [5.41, 5.74) is 2.08. The van der Waals surface area contributed by atoms with Crippen molar-refractivity contribution >= 4 is 23.4 Å². The number of carboxylic acid groups (broad SMARTS) is 1. The lowest BCUT2D eigenvalue weighted by Gasteiger charge is -2.39. The average Bonchev–Trinajstić information content (AvgIpc) is 2.71. The number of halogens is 1. The number of aryl methyl sites for hydroxylation is 1. The SMILES string of the molecule is CNc1ccc(Sc2cc(F)cc([C@@]3(OC)CCO[C@@H](C)C3)c2)cc1CCC(=O)O. The largest absolute Gasteiger partial charge is 0.481 e. The second kappa shape index (κ2) is 9.81. The summed E-state index contributed by atoms with van der Waals surface area (Å²) < 4.78 is 26.1. The molecule has 162 valence electrons. The predicted octanol–water partition coefficient (Wildman–Crippen LogP) is 5.08. The highest BCUT2D eigenvalue weighted by molar-refractivity contribution is 7.99. The molecule has 2 N–H and O–H groups in total. The summed E-state index contributed by atoms with van der Waals surface area (Å²) >= 11 is 1.46. The van der Waals surface area contributed by atoms with Crippen molar-refractivity contribution in [2.45, 2.75) is 54.1 Å². The minimum absolute atomic E-state index is 0.0453. The van der Waals surface area contributed by atoms with Crippen LogP contribution in [0.1, 0.15) is 37.3 Å². The van der Waals surface area contributed by atoms with Crippen LogP contribution in [0.5, 0.6) is 0 Å². The summed E-state index contributed by atoms with van der Waals surface area (Å²) in [4.78, 5) is 12.7. The third kappa shape index (κ3) is 5.33. The van der Waals surface area contributed by atoms with Gasteiger partial charge < -0.3 is 19.9 Å².